The van der Waals surface area contributed by atoms with E-state index in [0.717, 1.165) is 20.1 Å². The van der Waals surface area contributed by atoms with Crippen molar-refractivity contribution in [2.45, 2.75) is 0 Å². The highest BCUT2D eigenvalue weighted by Crippen LogP contribution is 2.38. The van der Waals surface area contributed by atoms with Crippen LogP contribution in [-0.4, -0.2) is 11.9 Å². The largest absolute Gasteiger partial charge is 0.401 e. The first kappa shape index (κ1) is 16.8. The van der Waals surface area contributed by atoms with Crippen LogP contribution in [0.2, 0.25) is 10.0 Å². The minimum atomic E-state index is -0.496. The van der Waals surface area contributed by atoms with E-state index in [0.29, 0.717) is 14.9 Å². The van der Waals surface area contributed by atoms with Crippen LogP contribution in [0.25, 0.3) is 16.2 Å². The van der Waals surface area contributed by atoms with Crippen LogP contribution in [0.5, 0.6) is 0 Å². The lowest BCUT2D eigenvalue weighted by Crippen LogP contribution is -2.04. The number of ether oxygens (including phenoxy) is 1. The Labute approximate surface area is 165 Å². The molecule has 0 spiro atoms. The maximum atomic E-state index is 12.1. The van der Waals surface area contributed by atoms with E-state index in [1.54, 1.807) is 12.1 Å². The summed E-state index contributed by atoms with van der Waals surface area (Å²) in [5.41, 5.74) is 1.10. The number of hydrogen-bond acceptors (Lipinski definition) is 4. The summed E-state index contributed by atoms with van der Waals surface area (Å²) in [4.78, 5) is 17.1. The van der Waals surface area contributed by atoms with E-state index in [4.69, 9.17) is 27.9 Å². The van der Waals surface area contributed by atoms with Crippen molar-refractivity contribution < 1.29 is 9.53 Å². The quantitative estimate of drug-likeness (QED) is 0.337. The van der Waals surface area contributed by atoms with E-state index in [-0.39, 0.29) is 11.6 Å². The maximum absolute atomic E-state index is 12.1. The van der Waals surface area contributed by atoms with Crippen molar-refractivity contribution in [1.82, 2.24) is 0 Å². The molecule has 1 aliphatic heterocycles. The van der Waals surface area contributed by atoms with Gasteiger partial charge < -0.3 is 4.74 Å². The van der Waals surface area contributed by atoms with Crippen molar-refractivity contribution in [2.24, 2.45) is 4.99 Å². The molecule has 3 aromatic rings. The lowest BCUT2D eigenvalue weighted by atomic mass is 10.2. The van der Waals surface area contributed by atoms with Crippen molar-refractivity contribution >= 4 is 78.5 Å². The molecule has 0 unspecified atom stereocenters. The lowest BCUT2D eigenvalue weighted by molar-refractivity contribution is -0.129. The number of hydrogen-bond donors (Lipinski definition) is 0. The van der Waals surface area contributed by atoms with Crippen molar-refractivity contribution in [2.75, 3.05) is 0 Å². The van der Waals surface area contributed by atoms with E-state index < -0.39 is 5.97 Å². The Hall–Kier alpha value is -1.66. The number of carbonyl (C=O) groups excluding carboxylic acids is 1. The van der Waals surface area contributed by atoms with Gasteiger partial charge in [0, 0.05) is 19.6 Å². The predicted molar refractivity (Wildman–Crippen MR) is 107 cm³/mol. The fourth-order valence-electron chi connectivity index (χ4n) is 2.40. The van der Waals surface area contributed by atoms with Gasteiger partial charge in [-0.1, -0.05) is 57.3 Å². The number of aliphatic imine (C=N–C) groups is 1. The molecule has 0 saturated heterocycles. The molecule has 124 valence electrons. The fraction of sp³-hybridized carbons (Fsp3) is 0. The molecule has 0 aliphatic carbocycles. The Balaban J connectivity index is 1.75. The van der Waals surface area contributed by atoms with Gasteiger partial charge in [0.15, 0.2) is 5.70 Å². The minimum absolute atomic E-state index is 0.218. The van der Waals surface area contributed by atoms with Crippen molar-refractivity contribution in [3.8, 4) is 0 Å². The third-order valence-corrected chi connectivity index (χ3v) is 5.99. The van der Waals surface area contributed by atoms with E-state index in [1.165, 1.54) is 11.3 Å². The van der Waals surface area contributed by atoms with Crippen molar-refractivity contribution in [1.29, 1.82) is 0 Å². The molecular weight excluding hydrogens is 445 g/mol. The molecule has 1 aliphatic rings. The number of nitrogens with zero attached hydrogens (tertiary/aromatic N) is 1. The number of fused-ring (bicyclic) bond motifs is 1. The molecule has 0 saturated carbocycles. The topological polar surface area (TPSA) is 38.7 Å². The van der Waals surface area contributed by atoms with Gasteiger partial charge in [0.25, 0.3) is 0 Å². The maximum Gasteiger partial charge on any atom is 0.363 e. The summed E-state index contributed by atoms with van der Waals surface area (Å²) in [6.07, 6.45) is 1.68. The molecule has 0 atom stereocenters. The van der Waals surface area contributed by atoms with Gasteiger partial charge in [-0.05, 0) is 35.9 Å². The molecule has 3 nitrogen and oxygen atoms in total. The third-order valence-electron chi connectivity index (χ3n) is 3.58. The van der Waals surface area contributed by atoms with Crippen LogP contribution in [-0.2, 0) is 9.53 Å². The summed E-state index contributed by atoms with van der Waals surface area (Å²) >= 11 is 17.2. The molecule has 4 rings (SSSR count). The van der Waals surface area contributed by atoms with Crippen LogP contribution >= 0.6 is 50.5 Å². The molecule has 0 radical (unpaired) electrons. The summed E-state index contributed by atoms with van der Waals surface area (Å²) in [7, 11) is 0. The number of rotatable bonds is 2. The summed E-state index contributed by atoms with van der Waals surface area (Å²) in [6.45, 7) is 0. The smallest absolute Gasteiger partial charge is 0.363 e. The van der Waals surface area contributed by atoms with E-state index in [1.807, 2.05) is 36.4 Å². The van der Waals surface area contributed by atoms with Crippen LogP contribution in [0.4, 0.5) is 0 Å². The second kappa shape index (κ2) is 6.57. The van der Waals surface area contributed by atoms with Gasteiger partial charge in [-0.2, -0.15) is 0 Å². The van der Waals surface area contributed by atoms with Crippen LogP contribution in [0.15, 0.2) is 57.6 Å². The normalized spacial score (nSPS) is 15.7. The van der Waals surface area contributed by atoms with Gasteiger partial charge in [0.05, 0.1) is 5.02 Å². The molecule has 1 aromatic heterocycles. The first-order valence-corrected chi connectivity index (χ1v) is 9.54. The zero-order chi connectivity index (χ0) is 17.6. The Kier molecular flexibility index (Phi) is 4.41. The first-order chi connectivity index (χ1) is 12.0. The Morgan fingerprint density at radius 2 is 1.88 bits per heavy atom. The molecule has 2 aromatic carbocycles. The predicted octanol–water partition coefficient (Wildman–Crippen LogP) is 6.32. The summed E-state index contributed by atoms with van der Waals surface area (Å²) < 4.78 is 7.20. The van der Waals surface area contributed by atoms with Gasteiger partial charge in [-0.3, -0.25) is 0 Å². The van der Waals surface area contributed by atoms with Crippen molar-refractivity contribution in [3.05, 3.63) is 73.1 Å². The molecule has 0 N–H and O–H groups in total. The van der Waals surface area contributed by atoms with Gasteiger partial charge in [0.1, 0.15) is 4.88 Å². The monoisotopic (exact) mass is 451 g/mol. The molecule has 0 fully saturated rings. The third kappa shape index (κ3) is 3.25. The van der Waals surface area contributed by atoms with Gasteiger partial charge in [-0.15, -0.1) is 11.3 Å². The van der Waals surface area contributed by atoms with E-state index in [2.05, 4.69) is 20.9 Å². The molecule has 2 heterocycles. The zero-order valence-corrected chi connectivity index (χ0v) is 16.3. The average Bonchev–Trinajstić information content (AvgIpc) is 3.10. The lowest BCUT2D eigenvalue weighted by Gasteiger charge is -1.95. The number of cyclic esters (lactones) is 1. The van der Waals surface area contributed by atoms with Gasteiger partial charge >= 0.3 is 5.97 Å². The van der Waals surface area contributed by atoms with Gasteiger partial charge in [-0.25, -0.2) is 9.79 Å². The summed E-state index contributed by atoms with van der Waals surface area (Å²) in [6, 6.07) is 13.0. The van der Waals surface area contributed by atoms with Gasteiger partial charge in [0.2, 0.25) is 5.90 Å². The van der Waals surface area contributed by atoms with Crippen molar-refractivity contribution in [3.63, 3.8) is 0 Å². The molecule has 0 amide bonds. The Bertz CT molecular complexity index is 1070. The van der Waals surface area contributed by atoms with E-state index in [9.17, 15) is 4.79 Å². The summed E-state index contributed by atoms with van der Waals surface area (Å²) in [5, 5.41) is 1.99. The molecule has 0 bridgehead atoms. The Morgan fingerprint density at radius 3 is 2.64 bits per heavy atom. The molecule has 25 heavy (non-hydrogen) atoms. The minimum Gasteiger partial charge on any atom is -0.401 e. The van der Waals surface area contributed by atoms with Crippen LogP contribution in [0.3, 0.4) is 0 Å². The number of benzene rings is 2. The molecular formula is C18H8BrCl2NO2S. The Morgan fingerprint density at radius 1 is 1.12 bits per heavy atom. The average molecular weight is 453 g/mol. The second-order valence-electron chi connectivity index (χ2n) is 5.27. The highest BCUT2D eigenvalue weighted by atomic mass is 79.9. The zero-order valence-electron chi connectivity index (χ0n) is 12.4. The number of thiophene rings is 1. The fourth-order valence-corrected chi connectivity index (χ4v) is 4.38. The van der Waals surface area contributed by atoms with Crippen LogP contribution in [0, 0.1) is 0 Å². The first-order valence-electron chi connectivity index (χ1n) is 7.17. The number of halogens is 3. The number of esters is 1. The van der Waals surface area contributed by atoms with Crippen LogP contribution < -0.4 is 0 Å². The molecule has 7 heteroatoms. The van der Waals surface area contributed by atoms with Crippen LogP contribution in [0.1, 0.15) is 10.4 Å². The summed E-state index contributed by atoms with van der Waals surface area (Å²) in [5.74, 6) is -0.278. The SMILES string of the molecule is O=C1OC(c2sc3cc(Cl)ccc3c2Cl)=N/C1=C/c1ccc(Br)cc1. The highest BCUT2D eigenvalue weighted by Gasteiger charge is 2.28. The standard InChI is InChI=1S/C18H8BrCl2NO2S/c19-10-3-1-9(2-4-10)7-13-18(23)24-17(22-13)16-15(21)12-6-5-11(20)8-14(12)25-16/h1-8H/b13-7+. The highest BCUT2D eigenvalue weighted by molar-refractivity contribution is 9.10. The number of carbonyl (C=O) groups is 1. The second-order valence-corrected chi connectivity index (χ2v) is 8.06. The van der Waals surface area contributed by atoms with E-state index >= 15 is 0 Å².